The van der Waals surface area contributed by atoms with E-state index < -0.39 is 60.7 Å². The Morgan fingerprint density at radius 3 is 2.50 bits per heavy atom. The fraction of sp³-hybridized carbons (Fsp3) is 0.333. The number of rotatable bonds is 7. The van der Waals surface area contributed by atoms with Crippen LogP contribution in [0.1, 0.15) is 24.4 Å². The number of aromatic nitrogens is 2. The summed E-state index contributed by atoms with van der Waals surface area (Å²) in [7, 11) is 0. The van der Waals surface area contributed by atoms with E-state index in [-0.39, 0.29) is 35.4 Å². The Balaban J connectivity index is 1.61. The first-order valence-corrected chi connectivity index (χ1v) is 12.8. The Morgan fingerprint density at radius 2 is 1.82 bits per heavy atom. The summed E-state index contributed by atoms with van der Waals surface area (Å²) >= 11 is 6.49. The van der Waals surface area contributed by atoms with Gasteiger partial charge in [0.25, 0.3) is 11.8 Å². The predicted molar refractivity (Wildman–Crippen MR) is 139 cm³/mol. The van der Waals surface area contributed by atoms with Crippen LogP contribution in [-0.4, -0.2) is 64.3 Å². The number of benzene rings is 2. The van der Waals surface area contributed by atoms with E-state index in [9.17, 15) is 27.9 Å². The number of morpholine rings is 1. The van der Waals surface area contributed by atoms with Crippen molar-refractivity contribution in [1.29, 1.82) is 0 Å². The minimum Gasteiger partial charge on any atom is -0.374 e. The fourth-order valence-corrected chi connectivity index (χ4v) is 5.11. The molecule has 210 valence electrons. The molecule has 1 aromatic heterocycles. The third-order valence-corrected chi connectivity index (χ3v) is 7.08. The van der Waals surface area contributed by atoms with Crippen LogP contribution in [0.25, 0.3) is 0 Å². The molecule has 2 aromatic carbocycles. The molecule has 2 heterocycles. The molecule has 9 nitrogen and oxygen atoms in total. The molecule has 0 radical (unpaired) electrons. The van der Waals surface area contributed by atoms with Crippen molar-refractivity contribution in [2.75, 3.05) is 23.0 Å². The zero-order chi connectivity index (χ0) is 28.4. The van der Waals surface area contributed by atoms with Crippen molar-refractivity contribution in [2.24, 2.45) is 0 Å². The number of alkyl halides is 2. The molecular formula is C27H25ClF3N5O4. The summed E-state index contributed by atoms with van der Waals surface area (Å²) in [5.41, 5.74) is 0.183. The molecule has 1 unspecified atom stereocenters. The predicted octanol–water partition coefficient (Wildman–Crippen LogP) is 3.48. The van der Waals surface area contributed by atoms with E-state index in [0.29, 0.717) is 0 Å². The van der Waals surface area contributed by atoms with Crippen molar-refractivity contribution in [3.8, 4) is 0 Å². The maximum absolute atomic E-state index is 14.5. The molecule has 40 heavy (non-hydrogen) atoms. The van der Waals surface area contributed by atoms with Gasteiger partial charge in [-0.25, -0.2) is 23.1 Å². The lowest BCUT2D eigenvalue weighted by molar-refractivity contribution is -0.134. The zero-order valence-corrected chi connectivity index (χ0v) is 21.7. The maximum Gasteiger partial charge on any atom is 0.253 e. The minimum absolute atomic E-state index is 0.00185. The molecular weight excluding hydrogens is 551 g/mol. The van der Waals surface area contributed by atoms with E-state index in [4.69, 9.17) is 16.3 Å². The van der Waals surface area contributed by atoms with Crippen LogP contribution in [0.2, 0.25) is 5.02 Å². The van der Waals surface area contributed by atoms with Gasteiger partial charge in [-0.1, -0.05) is 35.9 Å². The van der Waals surface area contributed by atoms with E-state index in [1.54, 1.807) is 18.2 Å². The summed E-state index contributed by atoms with van der Waals surface area (Å²) in [6, 6.07) is 9.29. The molecule has 2 fully saturated rings. The van der Waals surface area contributed by atoms with Gasteiger partial charge < -0.3 is 15.2 Å². The summed E-state index contributed by atoms with van der Waals surface area (Å²) < 4.78 is 47.1. The number of nitrogens with one attached hydrogen (secondary N) is 1. The second-order valence-electron chi connectivity index (χ2n) is 9.57. The molecule has 0 spiro atoms. The SMILES string of the molecule is O=C(NC1CC(F)(F)C1)[C@H](c1ccccc1Cl)N(C(=O)[C@@H]1COCC(O)N1c1ncccn1)c1cccc(F)c1. The summed E-state index contributed by atoms with van der Waals surface area (Å²) in [5.74, 6) is -5.11. The fourth-order valence-electron chi connectivity index (χ4n) is 4.87. The van der Waals surface area contributed by atoms with Crippen molar-refractivity contribution in [3.63, 3.8) is 0 Å². The molecule has 2 aliphatic rings. The Kier molecular flexibility index (Phi) is 7.92. The van der Waals surface area contributed by atoms with Crippen molar-refractivity contribution < 1.29 is 32.6 Å². The van der Waals surface area contributed by atoms with Gasteiger partial charge >= 0.3 is 0 Å². The average Bonchev–Trinajstić information content (AvgIpc) is 2.91. The van der Waals surface area contributed by atoms with Crippen LogP contribution in [0.15, 0.2) is 67.0 Å². The Hall–Kier alpha value is -3.74. The van der Waals surface area contributed by atoms with Crippen LogP contribution in [0, 0.1) is 5.82 Å². The topological polar surface area (TPSA) is 108 Å². The Bertz CT molecular complexity index is 1380. The molecule has 5 rings (SSSR count). The maximum atomic E-state index is 14.5. The highest BCUT2D eigenvalue weighted by molar-refractivity contribution is 6.31. The Morgan fingerprint density at radius 1 is 1.10 bits per heavy atom. The number of carbonyl (C=O) groups excluding carboxylic acids is 2. The molecule has 1 saturated heterocycles. The van der Waals surface area contributed by atoms with Gasteiger partial charge in [0.2, 0.25) is 11.9 Å². The first-order chi connectivity index (χ1) is 19.1. The molecule has 13 heteroatoms. The smallest absolute Gasteiger partial charge is 0.253 e. The minimum atomic E-state index is -2.90. The summed E-state index contributed by atoms with van der Waals surface area (Å²) in [6.45, 7) is -0.363. The largest absolute Gasteiger partial charge is 0.374 e. The number of hydrogen-bond acceptors (Lipinski definition) is 7. The first-order valence-electron chi connectivity index (χ1n) is 12.5. The summed E-state index contributed by atoms with van der Waals surface area (Å²) in [4.78, 5) is 38.8. The molecule has 0 bridgehead atoms. The van der Waals surface area contributed by atoms with E-state index in [1.165, 1.54) is 47.6 Å². The lowest BCUT2D eigenvalue weighted by atomic mass is 9.87. The standard InChI is InChI=1S/C27H25ClF3N5O4/c28-20-8-2-1-7-19(20)23(24(38)34-17-12-27(30,31)13-17)35(18-6-3-5-16(29)11-18)25(39)21-14-40-15-22(37)36(21)26-32-9-4-10-33-26/h1-11,17,21-23,37H,12-15H2,(H,34,38)/t21-,22?,23-/m0/s1. The number of aliphatic hydroxyl groups excluding tert-OH is 1. The highest BCUT2D eigenvalue weighted by atomic mass is 35.5. The van der Waals surface area contributed by atoms with Gasteiger partial charge in [0.05, 0.1) is 13.2 Å². The van der Waals surface area contributed by atoms with Gasteiger partial charge in [-0.05, 0) is 30.3 Å². The van der Waals surface area contributed by atoms with Crippen LogP contribution in [0.3, 0.4) is 0 Å². The van der Waals surface area contributed by atoms with Crippen molar-refractivity contribution in [3.05, 3.63) is 83.4 Å². The van der Waals surface area contributed by atoms with Gasteiger partial charge in [-0.2, -0.15) is 0 Å². The average molecular weight is 576 g/mol. The second kappa shape index (κ2) is 11.4. The molecule has 1 aliphatic carbocycles. The molecule has 3 aromatic rings. The van der Waals surface area contributed by atoms with Crippen LogP contribution >= 0.6 is 11.6 Å². The quantitative estimate of drug-likeness (QED) is 0.444. The Labute approximate surface area is 232 Å². The highest BCUT2D eigenvalue weighted by Gasteiger charge is 2.48. The number of nitrogens with zero attached hydrogens (tertiary/aromatic N) is 4. The molecule has 1 saturated carbocycles. The monoisotopic (exact) mass is 575 g/mol. The van der Waals surface area contributed by atoms with Crippen molar-refractivity contribution in [1.82, 2.24) is 15.3 Å². The molecule has 3 atom stereocenters. The third kappa shape index (κ3) is 5.74. The van der Waals surface area contributed by atoms with Crippen LogP contribution in [-0.2, 0) is 14.3 Å². The van der Waals surface area contributed by atoms with Gasteiger partial charge in [-0.3, -0.25) is 19.4 Å². The number of ether oxygens (including phenoxy) is 1. The third-order valence-electron chi connectivity index (χ3n) is 6.73. The van der Waals surface area contributed by atoms with Gasteiger partial charge in [0.1, 0.15) is 17.9 Å². The van der Waals surface area contributed by atoms with Crippen LogP contribution in [0.5, 0.6) is 0 Å². The number of halogens is 4. The normalized spacial score (nSPS) is 21.3. The number of hydrogen-bond donors (Lipinski definition) is 2. The lowest BCUT2D eigenvalue weighted by Gasteiger charge is -2.42. The first kappa shape index (κ1) is 27.8. The van der Waals surface area contributed by atoms with E-state index >= 15 is 0 Å². The van der Waals surface area contributed by atoms with Crippen molar-refractivity contribution >= 4 is 35.1 Å². The molecule has 1 aliphatic heterocycles. The van der Waals surface area contributed by atoms with E-state index in [2.05, 4.69) is 15.3 Å². The number of anilines is 2. The summed E-state index contributed by atoms with van der Waals surface area (Å²) in [6.07, 6.45) is 0.451. The lowest BCUT2D eigenvalue weighted by Crippen LogP contribution is -2.61. The number of carbonyl (C=O) groups is 2. The van der Waals surface area contributed by atoms with Gasteiger partial charge in [0, 0.05) is 47.6 Å². The van der Waals surface area contributed by atoms with E-state index in [1.807, 2.05) is 0 Å². The van der Waals surface area contributed by atoms with E-state index in [0.717, 1.165) is 11.0 Å². The highest BCUT2D eigenvalue weighted by Crippen LogP contribution is 2.39. The van der Waals surface area contributed by atoms with Crippen molar-refractivity contribution in [2.45, 2.75) is 43.1 Å². The second-order valence-corrected chi connectivity index (χ2v) is 9.98. The summed E-state index contributed by atoms with van der Waals surface area (Å²) in [5, 5.41) is 13.5. The zero-order valence-electron chi connectivity index (χ0n) is 21.0. The molecule has 2 N–H and O–H groups in total. The molecule has 2 amide bonds. The van der Waals surface area contributed by atoms with Crippen LogP contribution in [0.4, 0.5) is 24.8 Å². The number of aliphatic hydroxyl groups is 1. The van der Waals surface area contributed by atoms with Crippen LogP contribution < -0.4 is 15.1 Å². The van der Waals surface area contributed by atoms with Gasteiger partial charge in [0.15, 0.2) is 6.23 Å². The number of amides is 2. The van der Waals surface area contributed by atoms with Gasteiger partial charge in [-0.15, -0.1) is 0 Å².